The SMILES string of the molecule is CC(C(=O)O)N(C(=O)c1cc(C2CC2)nc2ccccc12)C1CC1. The number of pyridine rings is 1. The Morgan fingerprint density at radius 3 is 2.54 bits per heavy atom. The summed E-state index contributed by atoms with van der Waals surface area (Å²) in [4.78, 5) is 30.9. The van der Waals surface area contributed by atoms with Crippen molar-refractivity contribution in [3.8, 4) is 0 Å². The Labute approximate surface area is 140 Å². The van der Waals surface area contributed by atoms with Gasteiger partial charge in [0.05, 0.1) is 11.1 Å². The number of fused-ring (bicyclic) bond motifs is 1. The third kappa shape index (κ3) is 2.64. The molecule has 0 aliphatic heterocycles. The molecule has 0 bridgehead atoms. The van der Waals surface area contributed by atoms with E-state index in [1.54, 1.807) is 11.8 Å². The summed E-state index contributed by atoms with van der Waals surface area (Å²) >= 11 is 0. The molecule has 1 atom stereocenters. The van der Waals surface area contributed by atoms with E-state index in [4.69, 9.17) is 4.98 Å². The lowest BCUT2D eigenvalue weighted by Crippen LogP contribution is -2.44. The Hall–Kier alpha value is -2.43. The van der Waals surface area contributed by atoms with Crippen molar-refractivity contribution in [1.29, 1.82) is 0 Å². The van der Waals surface area contributed by atoms with Crippen LogP contribution in [0.4, 0.5) is 0 Å². The molecule has 2 aliphatic carbocycles. The lowest BCUT2D eigenvalue weighted by Gasteiger charge is -2.27. The number of amides is 1. The molecule has 1 N–H and O–H groups in total. The fraction of sp³-hybridized carbons (Fsp3) is 0.421. The fourth-order valence-corrected chi connectivity index (χ4v) is 3.23. The Balaban J connectivity index is 1.81. The van der Waals surface area contributed by atoms with Crippen LogP contribution in [-0.4, -0.2) is 39.0 Å². The van der Waals surface area contributed by atoms with Gasteiger partial charge in [-0.2, -0.15) is 0 Å². The van der Waals surface area contributed by atoms with Gasteiger partial charge in [-0.15, -0.1) is 0 Å². The Morgan fingerprint density at radius 1 is 1.21 bits per heavy atom. The van der Waals surface area contributed by atoms with Crippen molar-refractivity contribution in [1.82, 2.24) is 9.88 Å². The number of para-hydroxylation sites is 1. The topological polar surface area (TPSA) is 70.5 Å². The van der Waals surface area contributed by atoms with Gasteiger partial charge in [-0.05, 0) is 44.7 Å². The van der Waals surface area contributed by atoms with Crippen LogP contribution in [0, 0.1) is 0 Å². The van der Waals surface area contributed by atoms with Gasteiger partial charge in [0.2, 0.25) is 0 Å². The van der Waals surface area contributed by atoms with E-state index < -0.39 is 12.0 Å². The number of hydrogen-bond acceptors (Lipinski definition) is 3. The molecule has 1 aromatic carbocycles. The lowest BCUT2D eigenvalue weighted by molar-refractivity contribution is -0.141. The molecule has 2 saturated carbocycles. The molecule has 4 rings (SSSR count). The van der Waals surface area contributed by atoms with Gasteiger partial charge in [0.1, 0.15) is 6.04 Å². The van der Waals surface area contributed by atoms with Crippen molar-refractivity contribution >= 4 is 22.8 Å². The highest BCUT2D eigenvalue weighted by Gasteiger charge is 2.39. The number of carbonyl (C=O) groups excluding carboxylic acids is 1. The Bertz CT molecular complexity index is 824. The summed E-state index contributed by atoms with van der Waals surface area (Å²) < 4.78 is 0. The zero-order valence-corrected chi connectivity index (χ0v) is 13.6. The Kier molecular flexibility index (Phi) is 3.52. The number of carbonyl (C=O) groups is 2. The Morgan fingerprint density at radius 2 is 1.92 bits per heavy atom. The van der Waals surface area contributed by atoms with Crippen LogP contribution in [0.25, 0.3) is 10.9 Å². The average Bonchev–Trinajstić information content (AvgIpc) is 3.46. The third-order valence-corrected chi connectivity index (χ3v) is 4.91. The number of aliphatic carboxylic acids is 1. The van der Waals surface area contributed by atoms with Crippen molar-refractivity contribution in [2.24, 2.45) is 0 Å². The minimum Gasteiger partial charge on any atom is -0.480 e. The van der Waals surface area contributed by atoms with Gasteiger partial charge in [0.15, 0.2) is 0 Å². The number of aromatic nitrogens is 1. The molecule has 1 unspecified atom stereocenters. The second-order valence-corrected chi connectivity index (χ2v) is 6.84. The molecular formula is C19H20N2O3. The van der Waals surface area contributed by atoms with E-state index in [0.29, 0.717) is 11.5 Å². The molecule has 24 heavy (non-hydrogen) atoms. The number of carboxylic acids is 1. The van der Waals surface area contributed by atoms with Crippen LogP contribution in [0.2, 0.25) is 0 Å². The molecule has 2 aliphatic rings. The van der Waals surface area contributed by atoms with E-state index in [1.165, 1.54) is 0 Å². The normalized spacial score (nSPS) is 18.4. The van der Waals surface area contributed by atoms with Crippen LogP contribution in [0.3, 0.4) is 0 Å². The van der Waals surface area contributed by atoms with E-state index in [1.807, 2.05) is 30.3 Å². The molecule has 0 saturated heterocycles. The van der Waals surface area contributed by atoms with E-state index >= 15 is 0 Å². The number of hydrogen-bond donors (Lipinski definition) is 1. The monoisotopic (exact) mass is 324 g/mol. The zero-order chi connectivity index (χ0) is 16.8. The smallest absolute Gasteiger partial charge is 0.326 e. The number of nitrogens with zero attached hydrogens (tertiary/aromatic N) is 2. The summed E-state index contributed by atoms with van der Waals surface area (Å²) in [6.07, 6.45) is 3.97. The van der Waals surface area contributed by atoms with Crippen LogP contribution in [0.1, 0.15) is 54.6 Å². The highest BCUT2D eigenvalue weighted by Crippen LogP contribution is 2.40. The van der Waals surface area contributed by atoms with Gasteiger partial charge < -0.3 is 10.0 Å². The van der Waals surface area contributed by atoms with E-state index in [0.717, 1.165) is 42.3 Å². The highest BCUT2D eigenvalue weighted by atomic mass is 16.4. The van der Waals surface area contributed by atoms with Gasteiger partial charge in [-0.25, -0.2) is 4.79 Å². The molecular weight excluding hydrogens is 304 g/mol. The summed E-state index contributed by atoms with van der Waals surface area (Å²) in [5, 5.41) is 10.2. The first-order valence-electron chi connectivity index (χ1n) is 8.51. The number of benzene rings is 1. The summed E-state index contributed by atoms with van der Waals surface area (Å²) in [5.74, 6) is -0.712. The van der Waals surface area contributed by atoms with E-state index in [-0.39, 0.29) is 11.9 Å². The first kappa shape index (κ1) is 15.1. The molecule has 2 aromatic rings. The predicted octanol–water partition coefficient (Wildman–Crippen LogP) is 3.19. The van der Waals surface area contributed by atoms with Crippen molar-refractivity contribution in [3.05, 3.63) is 41.6 Å². The first-order valence-corrected chi connectivity index (χ1v) is 8.51. The van der Waals surface area contributed by atoms with Crippen molar-refractivity contribution in [2.45, 2.75) is 50.6 Å². The number of carboxylic acid groups (broad SMARTS) is 1. The van der Waals surface area contributed by atoms with Crippen molar-refractivity contribution in [2.75, 3.05) is 0 Å². The van der Waals surface area contributed by atoms with Crippen molar-refractivity contribution in [3.63, 3.8) is 0 Å². The van der Waals surface area contributed by atoms with Gasteiger partial charge >= 0.3 is 5.97 Å². The van der Waals surface area contributed by atoms with E-state index in [2.05, 4.69) is 0 Å². The summed E-state index contributed by atoms with van der Waals surface area (Å²) in [5.41, 5.74) is 2.35. The van der Waals surface area contributed by atoms with Gasteiger partial charge in [-0.3, -0.25) is 9.78 Å². The zero-order valence-electron chi connectivity index (χ0n) is 13.6. The lowest BCUT2D eigenvalue weighted by atomic mass is 10.0. The summed E-state index contributed by atoms with van der Waals surface area (Å²) in [7, 11) is 0. The summed E-state index contributed by atoms with van der Waals surface area (Å²) in [6, 6.07) is 8.72. The highest BCUT2D eigenvalue weighted by molar-refractivity contribution is 6.07. The second-order valence-electron chi connectivity index (χ2n) is 6.84. The quantitative estimate of drug-likeness (QED) is 0.917. The van der Waals surface area contributed by atoms with Crippen LogP contribution < -0.4 is 0 Å². The number of rotatable bonds is 5. The molecule has 1 amide bonds. The minimum absolute atomic E-state index is 0.0416. The maximum Gasteiger partial charge on any atom is 0.326 e. The molecule has 5 heteroatoms. The predicted molar refractivity (Wildman–Crippen MR) is 90.0 cm³/mol. The molecule has 5 nitrogen and oxygen atoms in total. The van der Waals surface area contributed by atoms with Crippen LogP contribution in [0.5, 0.6) is 0 Å². The molecule has 1 heterocycles. The largest absolute Gasteiger partial charge is 0.480 e. The standard InChI is InChI=1S/C19H20N2O3/c1-11(19(23)24)21(13-8-9-13)18(22)15-10-17(12-6-7-12)20-16-5-3-2-4-14(15)16/h2-5,10-13H,6-9H2,1H3,(H,23,24). The van der Waals surface area contributed by atoms with Gasteiger partial charge in [-0.1, -0.05) is 18.2 Å². The summed E-state index contributed by atoms with van der Waals surface area (Å²) in [6.45, 7) is 1.59. The van der Waals surface area contributed by atoms with Crippen molar-refractivity contribution < 1.29 is 14.7 Å². The van der Waals surface area contributed by atoms with Crippen LogP contribution in [0.15, 0.2) is 30.3 Å². The molecule has 124 valence electrons. The molecule has 0 spiro atoms. The van der Waals surface area contributed by atoms with Crippen LogP contribution >= 0.6 is 0 Å². The second kappa shape index (κ2) is 5.58. The van der Waals surface area contributed by atoms with E-state index in [9.17, 15) is 14.7 Å². The first-order chi connectivity index (χ1) is 11.6. The molecule has 0 radical (unpaired) electrons. The minimum atomic E-state index is -0.962. The average molecular weight is 324 g/mol. The van der Waals surface area contributed by atoms with Gasteiger partial charge in [0.25, 0.3) is 5.91 Å². The van der Waals surface area contributed by atoms with Gasteiger partial charge in [0, 0.05) is 23.0 Å². The maximum atomic E-state index is 13.2. The maximum absolute atomic E-state index is 13.2. The van der Waals surface area contributed by atoms with Crippen LogP contribution in [-0.2, 0) is 4.79 Å². The fourth-order valence-electron chi connectivity index (χ4n) is 3.23. The molecule has 2 fully saturated rings. The third-order valence-electron chi connectivity index (χ3n) is 4.91. The molecule has 1 aromatic heterocycles.